The number of ether oxygens (including phenoxy) is 4. The SMILES string of the molecule is CCOc1ccc(OCC(=O)N(CCCn2ccnc2)c2nc3c(OC)ccc(OC)c3s2)cc1. The normalized spacial score (nSPS) is 10.8. The highest BCUT2D eigenvalue weighted by Gasteiger charge is 2.23. The molecule has 0 atom stereocenters. The summed E-state index contributed by atoms with van der Waals surface area (Å²) in [6.45, 7) is 3.58. The lowest BCUT2D eigenvalue weighted by molar-refractivity contribution is -0.120. The van der Waals surface area contributed by atoms with Crippen molar-refractivity contribution in [1.82, 2.24) is 14.5 Å². The maximum absolute atomic E-state index is 13.3. The number of carbonyl (C=O) groups is 1. The fourth-order valence-electron chi connectivity index (χ4n) is 3.57. The summed E-state index contributed by atoms with van der Waals surface area (Å²) >= 11 is 1.39. The maximum atomic E-state index is 13.3. The van der Waals surface area contributed by atoms with Crippen molar-refractivity contribution < 1.29 is 23.7 Å². The highest BCUT2D eigenvalue weighted by atomic mass is 32.1. The summed E-state index contributed by atoms with van der Waals surface area (Å²) < 4.78 is 25.0. The van der Waals surface area contributed by atoms with Gasteiger partial charge in [-0.3, -0.25) is 9.69 Å². The topological polar surface area (TPSA) is 87.9 Å². The molecule has 0 aliphatic rings. The Morgan fingerprint density at radius 3 is 2.40 bits per heavy atom. The number of thiazole rings is 1. The summed E-state index contributed by atoms with van der Waals surface area (Å²) in [6, 6.07) is 10.9. The molecule has 35 heavy (non-hydrogen) atoms. The van der Waals surface area contributed by atoms with Crippen LogP contribution in [0.2, 0.25) is 0 Å². The van der Waals surface area contributed by atoms with Crippen LogP contribution in [0.25, 0.3) is 10.2 Å². The molecule has 10 heteroatoms. The van der Waals surface area contributed by atoms with E-state index in [0.29, 0.717) is 41.0 Å². The van der Waals surface area contributed by atoms with Gasteiger partial charge in [0.25, 0.3) is 5.91 Å². The van der Waals surface area contributed by atoms with Crippen LogP contribution in [0.5, 0.6) is 23.0 Å². The fraction of sp³-hybridized carbons (Fsp3) is 0.320. The summed E-state index contributed by atoms with van der Waals surface area (Å²) in [5.41, 5.74) is 0.659. The number of rotatable bonds is 12. The molecule has 0 saturated carbocycles. The number of imidazole rings is 1. The zero-order valence-electron chi connectivity index (χ0n) is 20.0. The summed E-state index contributed by atoms with van der Waals surface area (Å²) in [4.78, 5) is 23.8. The van der Waals surface area contributed by atoms with Gasteiger partial charge in [0.05, 0.1) is 27.2 Å². The van der Waals surface area contributed by atoms with E-state index in [4.69, 9.17) is 23.9 Å². The Bertz CT molecular complexity index is 1200. The monoisotopic (exact) mass is 496 g/mol. The van der Waals surface area contributed by atoms with E-state index in [0.717, 1.165) is 23.4 Å². The molecule has 2 heterocycles. The van der Waals surface area contributed by atoms with Gasteiger partial charge in [0.2, 0.25) is 0 Å². The Labute approximate surface area is 207 Å². The lowest BCUT2D eigenvalue weighted by Crippen LogP contribution is -2.36. The molecule has 0 aliphatic carbocycles. The van der Waals surface area contributed by atoms with Gasteiger partial charge in [-0.1, -0.05) is 11.3 Å². The Hall–Kier alpha value is -3.79. The van der Waals surface area contributed by atoms with E-state index in [1.54, 1.807) is 43.8 Å². The Kier molecular flexibility index (Phi) is 8.04. The predicted molar refractivity (Wildman–Crippen MR) is 135 cm³/mol. The standard InChI is InChI=1S/C25H28N4O5S/c1-4-33-18-6-8-19(9-7-18)34-16-22(30)29(14-5-13-28-15-12-26-17-28)25-27-23-20(31-2)10-11-21(32-3)24(23)35-25/h6-12,15,17H,4-5,13-14,16H2,1-3H3. The third-order valence-corrected chi connectivity index (χ3v) is 6.38. The maximum Gasteiger partial charge on any atom is 0.266 e. The molecule has 9 nitrogen and oxygen atoms in total. The summed E-state index contributed by atoms with van der Waals surface area (Å²) in [5.74, 6) is 2.46. The second-order valence-corrected chi connectivity index (χ2v) is 8.51. The number of nitrogens with zero attached hydrogens (tertiary/aromatic N) is 4. The summed E-state index contributed by atoms with van der Waals surface area (Å²) in [6.07, 6.45) is 6.11. The van der Waals surface area contributed by atoms with Crippen molar-refractivity contribution in [3.8, 4) is 23.0 Å². The van der Waals surface area contributed by atoms with Gasteiger partial charge in [0.15, 0.2) is 11.7 Å². The van der Waals surface area contributed by atoms with Gasteiger partial charge in [-0.15, -0.1) is 0 Å². The van der Waals surface area contributed by atoms with Crippen molar-refractivity contribution in [3.63, 3.8) is 0 Å². The first-order valence-corrected chi connectivity index (χ1v) is 12.1. The van der Waals surface area contributed by atoms with E-state index in [-0.39, 0.29) is 12.5 Å². The van der Waals surface area contributed by atoms with Gasteiger partial charge >= 0.3 is 0 Å². The van der Waals surface area contributed by atoms with Crippen LogP contribution in [-0.2, 0) is 11.3 Å². The van der Waals surface area contributed by atoms with Crippen LogP contribution in [0.3, 0.4) is 0 Å². The molecule has 0 saturated heterocycles. The van der Waals surface area contributed by atoms with Gasteiger partial charge in [0, 0.05) is 25.5 Å². The summed E-state index contributed by atoms with van der Waals surface area (Å²) in [7, 11) is 3.21. The van der Waals surface area contributed by atoms with Gasteiger partial charge in [-0.2, -0.15) is 0 Å². The first kappa shape index (κ1) is 24.3. The molecule has 0 aliphatic heterocycles. The lowest BCUT2D eigenvalue weighted by atomic mass is 10.3. The minimum absolute atomic E-state index is 0.122. The molecular formula is C25H28N4O5S. The van der Waals surface area contributed by atoms with Crippen LogP contribution < -0.4 is 23.8 Å². The van der Waals surface area contributed by atoms with E-state index in [1.165, 1.54) is 11.3 Å². The number of anilines is 1. The zero-order valence-corrected chi connectivity index (χ0v) is 20.8. The first-order valence-electron chi connectivity index (χ1n) is 11.3. The zero-order chi connectivity index (χ0) is 24.6. The van der Waals surface area contributed by atoms with Crippen molar-refractivity contribution >= 4 is 32.6 Å². The molecule has 1 amide bonds. The van der Waals surface area contributed by atoms with Crippen molar-refractivity contribution in [2.75, 3.05) is 38.9 Å². The number of aromatic nitrogens is 3. The Morgan fingerprint density at radius 1 is 1.03 bits per heavy atom. The van der Waals surface area contributed by atoms with Gasteiger partial charge in [-0.05, 0) is 49.7 Å². The summed E-state index contributed by atoms with van der Waals surface area (Å²) in [5, 5.41) is 0.564. The third-order valence-electron chi connectivity index (χ3n) is 5.29. The smallest absolute Gasteiger partial charge is 0.266 e. The first-order chi connectivity index (χ1) is 17.1. The van der Waals surface area contributed by atoms with Crippen LogP contribution in [0, 0.1) is 0 Å². The number of hydrogen-bond donors (Lipinski definition) is 0. The molecule has 0 N–H and O–H groups in total. The minimum atomic E-state index is -0.193. The number of amides is 1. The predicted octanol–water partition coefficient (Wildman–Crippen LogP) is 4.41. The highest BCUT2D eigenvalue weighted by molar-refractivity contribution is 7.22. The largest absolute Gasteiger partial charge is 0.495 e. The van der Waals surface area contributed by atoms with Crippen LogP contribution in [0.4, 0.5) is 5.13 Å². The number of methoxy groups -OCH3 is 2. The van der Waals surface area contributed by atoms with Crippen LogP contribution in [0.1, 0.15) is 13.3 Å². The molecule has 2 aromatic carbocycles. The molecule has 0 spiro atoms. The van der Waals surface area contributed by atoms with E-state index < -0.39 is 0 Å². The molecule has 4 aromatic rings. The quantitative estimate of drug-likeness (QED) is 0.287. The van der Waals surface area contributed by atoms with Crippen molar-refractivity contribution in [2.24, 2.45) is 0 Å². The molecular weight excluding hydrogens is 468 g/mol. The Balaban J connectivity index is 1.54. The number of aryl methyl sites for hydroxylation is 1. The molecule has 4 rings (SSSR count). The fourth-order valence-corrected chi connectivity index (χ4v) is 4.69. The van der Waals surface area contributed by atoms with Crippen LogP contribution >= 0.6 is 11.3 Å². The van der Waals surface area contributed by atoms with Gasteiger partial charge in [-0.25, -0.2) is 9.97 Å². The minimum Gasteiger partial charge on any atom is -0.495 e. The second kappa shape index (κ2) is 11.6. The molecule has 0 unspecified atom stereocenters. The highest BCUT2D eigenvalue weighted by Crippen LogP contribution is 2.40. The molecule has 0 radical (unpaired) electrons. The molecule has 0 bridgehead atoms. The molecule has 0 fully saturated rings. The van der Waals surface area contributed by atoms with E-state index >= 15 is 0 Å². The van der Waals surface area contributed by atoms with E-state index in [2.05, 4.69) is 4.98 Å². The third kappa shape index (κ3) is 5.83. The van der Waals surface area contributed by atoms with Crippen molar-refractivity contribution in [1.29, 1.82) is 0 Å². The van der Waals surface area contributed by atoms with Crippen molar-refractivity contribution in [3.05, 3.63) is 55.1 Å². The number of benzene rings is 2. The molecule has 2 aromatic heterocycles. The average molecular weight is 497 g/mol. The van der Waals surface area contributed by atoms with E-state index in [1.807, 2.05) is 42.0 Å². The number of carbonyl (C=O) groups excluding carboxylic acids is 1. The Morgan fingerprint density at radius 2 is 1.74 bits per heavy atom. The lowest BCUT2D eigenvalue weighted by Gasteiger charge is -2.20. The van der Waals surface area contributed by atoms with E-state index in [9.17, 15) is 4.79 Å². The average Bonchev–Trinajstić information content (AvgIpc) is 3.56. The van der Waals surface area contributed by atoms with Gasteiger partial charge in [0.1, 0.15) is 33.2 Å². The van der Waals surface area contributed by atoms with Crippen LogP contribution in [0.15, 0.2) is 55.1 Å². The van der Waals surface area contributed by atoms with Crippen molar-refractivity contribution in [2.45, 2.75) is 19.9 Å². The second-order valence-electron chi connectivity index (χ2n) is 7.54. The number of hydrogen-bond acceptors (Lipinski definition) is 8. The van der Waals surface area contributed by atoms with Crippen LogP contribution in [-0.4, -0.2) is 54.4 Å². The molecule has 184 valence electrons. The number of fused-ring (bicyclic) bond motifs is 1. The van der Waals surface area contributed by atoms with Gasteiger partial charge < -0.3 is 23.5 Å².